The molecule has 0 spiro atoms. The van der Waals surface area contributed by atoms with Crippen molar-refractivity contribution in [2.24, 2.45) is 0 Å². The fourth-order valence-electron chi connectivity index (χ4n) is 8.13. The van der Waals surface area contributed by atoms with Gasteiger partial charge in [0.2, 0.25) is 5.91 Å². The molecular weight excluding hydrogens is 841 g/mol. The molecule has 292 valence electrons. The van der Waals surface area contributed by atoms with Crippen LogP contribution < -0.4 is 14.5 Å². The Morgan fingerprint density at radius 2 is 1.86 bits per heavy atom. The lowest BCUT2D eigenvalue weighted by molar-refractivity contribution is -0.128. The quantitative estimate of drug-likeness (QED) is 0.0809. The molecule has 7 rings (SSSR count). The van der Waals surface area contributed by atoms with Crippen LogP contribution in [0.2, 0.25) is 5.02 Å². The van der Waals surface area contributed by atoms with Crippen molar-refractivity contribution in [1.29, 1.82) is 5.26 Å². The highest BCUT2D eigenvalue weighted by Crippen LogP contribution is 2.37. The molecule has 4 aromatic rings. The molecule has 3 aromatic carbocycles. The third kappa shape index (κ3) is 8.90. The zero-order valence-corrected chi connectivity index (χ0v) is 34.8. The van der Waals surface area contributed by atoms with E-state index in [2.05, 4.69) is 74.2 Å². The van der Waals surface area contributed by atoms with Gasteiger partial charge in [-0.05, 0) is 110 Å². The highest BCUT2D eigenvalue weighted by atomic mass is 127. The van der Waals surface area contributed by atoms with Crippen molar-refractivity contribution >= 4 is 68.3 Å². The van der Waals surface area contributed by atoms with Gasteiger partial charge in [-0.2, -0.15) is 15.2 Å². The number of hydrogen-bond acceptors (Lipinski definition) is 10. The summed E-state index contributed by atoms with van der Waals surface area (Å²) in [5, 5.41) is 12.5. The van der Waals surface area contributed by atoms with Gasteiger partial charge < -0.3 is 24.2 Å². The van der Waals surface area contributed by atoms with E-state index >= 15 is 0 Å². The number of nitriles is 1. The number of esters is 1. The van der Waals surface area contributed by atoms with Gasteiger partial charge in [-0.1, -0.05) is 48.5 Å². The summed E-state index contributed by atoms with van der Waals surface area (Å²) in [4.78, 5) is 44.4. The Kier molecular flexibility index (Phi) is 12.3. The summed E-state index contributed by atoms with van der Waals surface area (Å²) in [5.41, 5.74) is 2.91. The molecule has 0 saturated carbocycles. The summed E-state index contributed by atoms with van der Waals surface area (Å²) in [6.07, 6.45) is 4.94. The number of likely N-dealkylation sites (tertiary alicyclic amines) is 1. The minimum Gasteiger partial charge on any atom is -0.462 e. The first-order valence-corrected chi connectivity index (χ1v) is 20.7. The van der Waals surface area contributed by atoms with Crippen molar-refractivity contribution in [1.82, 2.24) is 19.8 Å². The number of carbonyl (C=O) groups is 2. The molecule has 0 unspecified atom stereocenters. The van der Waals surface area contributed by atoms with E-state index in [1.54, 1.807) is 11.0 Å². The third-order valence-corrected chi connectivity index (χ3v) is 12.1. The molecular formula is C43H47ClIN7O4. The Morgan fingerprint density at radius 1 is 1.05 bits per heavy atom. The Hall–Kier alpha value is -4.45. The predicted octanol–water partition coefficient (Wildman–Crippen LogP) is 7.44. The van der Waals surface area contributed by atoms with Crippen LogP contribution in [0, 0.1) is 14.9 Å². The summed E-state index contributed by atoms with van der Waals surface area (Å²) in [6, 6.07) is 22.1. The number of halogens is 2. The van der Waals surface area contributed by atoms with E-state index in [9.17, 15) is 14.9 Å². The van der Waals surface area contributed by atoms with Gasteiger partial charge in [0.05, 0.1) is 41.4 Å². The molecule has 0 aliphatic carbocycles. The highest BCUT2D eigenvalue weighted by Gasteiger charge is 2.34. The molecule has 0 bridgehead atoms. The number of hydrogen-bond donors (Lipinski definition) is 0. The zero-order valence-electron chi connectivity index (χ0n) is 31.9. The van der Waals surface area contributed by atoms with E-state index < -0.39 is 5.60 Å². The lowest BCUT2D eigenvalue weighted by Gasteiger charge is -2.42. The zero-order chi connectivity index (χ0) is 39.4. The molecule has 56 heavy (non-hydrogen) atoms. The van der Waals surface area contributed by atoms with Crippen LogP contribution in [0.3, 0.4) is 0 Å². The van der Waals surface area contributed by atoms with Crippen molar-refractivity contribution in [2.75, 3.05) is 55.7 Å². The molecule has 0 radical (unpaired) electrons. The third-order valence-electron chi connectivity index (χ3n) is 11.1. The summed E-state index contributed by atoms with van der Waals surface area (Å²) in [6.45, 7) is 12.5. The van der Waals surface area contributed by atoms with Crippen LogP contribution in [0.15, 0.2) is 73.3 Å². The van der Waals surface area contributed by atoms with Gasteiger partial charge in [0.1, 0.15) is 18.0 Å². The molecule has 11 nitrogen and oxygen atoms in total. The Morgan fingerprint density at radius 3 is 2.64 bits per heavy atom. The highest BCUT2D eigenvalue weighted by molar-refractivity contribution is 14.1. The van der Waals surface area contributed by atoms with Crippen LogP contribution in [-0.4, -0.2) is 95.2 Å². The first-order valence-electron chi connectivity index (χ1n) is 19.3. The topological polar surface area (TPSA) is 115 Å². The van der Waals surface area contributed by atoms with Gasteiger partial charge in [-0.25, -0.2) is 4.79 Å². The standard InChI is InChI=1S/C43H47ClIN7O4/c1-4-38(53)52-24-23-51(26-32(52)16-19-46)40-34-17-21-50(37-15-7-10-29-9-6-14-35(44)39(29)37)27-36(34)47-42(48-40)55-28-33-13-8-20-49(33)22-18-43(2,3)56-41(54)30-11-5-12-31(45)25-30/h4-7,9-12,14-15,25,32-33H,1,8,13,16-18,20-24,26-28H2,2-3H3/t32-,33-/m0/s1. The van der Waals surface area contributed by atoms with Crippen LogP contribution >= 0.6 is 34.2 Å². The number of ether oxygens (including phenoxy) is 2. The van der Waals surface area contributed by atoms with E-state index in [-0.39, 0.29) is 30.4 Å². The molecule has 2 fully saturated rings. The lowest BCUT2D eigenvalue weighted by Crippen LogP contribution is -2.55. The number of carbonyl (C=O) groups excluding carboxylic acids is 2. The number of anilines is 2. The number of benzene rings is 3. The summed E-state index contributed by atoms with van der Waals surface area (Å²) in [5.74, 6) is 0.316. The van der Waals surface area contributed by atoms with E-state index in [0.29, 0.717) is 62.2 Å². The Labute approximate surface area is 347 Å². The molecule has 1 amide bonds. The number of amides is 1. The second kappa shape index (κ2) is 17.4. The Balaban J connectivity index is 1.10. The summed E-state index contributed by atoms with van der Waals surface area (Å²) >= 11 is 8.97. The van der Waals surface area contributed by atoms with Crippen molar-refractivity contribution in [3.05, 3.63) is 98.7 Å². The van der Waals surface area contributed by atoms with Gasteiger partial charge in [0.15, 0.2) is 0 Å². The van der Waals surface area contributed by atoms with E-state index in [1.165, 1.54) is 6.08 Å². The Bertz CT molecular complexity index is 2150. The number of nitrogens with zero attached hydrogens (tertiary/aromatic N) is 7. The largest absolute Gasteiger partial charge is 0.462 e. The van der Waals surface area contributed by atoms with Crippen LogP contribution in [0.4, 0.5) is 11.5 Å². The van der Waals surface area contributed by atoms with Gasteiger partial charge in [0.25, 0.3) is 0 Å². The number of fused-ring (bicyclic) bond motifs is 2. The summed E-state index contributed by atoms with van der Waals surface area (Å²) in [7, 11) is 0. The maximum atomic E-state index is 12.9. The molecule has 0 N–H and O–H groups in total. The second-order valence-corrected chi connectivity index (χ2v) is 16.9. The van der Waals surface area contributed by atoms with Gasteiger partial charge in [-0.15, -0.1) is 0 Å². The fraction of sp³-hybridized carbons (Fsp3) is 0.419. The normalized spacial score (nSPS) is 18.7. The van der Waals surface area contributed by atoms with E-state index in [4.69, 9.17) is 31.0 Å². The minimum atomic E-state index is -0.646. The first-order chi connectivity index (χ1) is 27.0. The van der Waals surface area contributed by atoms with Crippen LogP contribution in [0.5, 0.6) is 6.01 Å². The number of rotatable bonds is 12. The second-order valence-electron chi connectivity index (χ2n) is 15.3. The molecule has 2 atom stereocenters. The maximum Gasteiger partial charge on any atom is 0.338 e. The molecule has 2 saturated heterocycles. The van der Waals surface area contributed by atoms with Crippen molar-refractivity contribution in [3.63, 3.8) is 0 Å². The first kappa shape index (κ1) is 39.8. The van der Waals surface area contributed by atoms with Crippen molar-refractivity contribution in [2.45, 2.75) is 70.2 Å². The van der Waals surface area contributed by atoms with Crippen molar-refractivity contribution < 1.29 is 19.1 Å². The minimum absolute atomic E-state index is 0.156. The smallest absolute Gasteiger partial charge is 0.338 e. The summed E-state index contributed by atoms with van der Waals surface area (Å²) < 4.78 is 13.5. The average molecular weight is 888 g/mol. The maximum absolute atomic E-state index is 12.9. The molecule has 1 aromatic heterocycles. The monoisotopic (exact) mass is 887 g/mol. The van der Waals surface area contributed by atoms with Crippen LogP contribution in [-0.2, 0) is 22.5 Å². The number of piperazine rings is 1. The van der Waals surface area contributed by atoms with Gasteiger partial charge >= 0.3 is 12.0 Å². The van der Waals surface area contributed by atoms with E-state index in [0.717, 1.165) is 69.6 Å². The molecule has 3 aliphatic rings. The predicted molar refractivity (Wildman–Crippen MR) is 227 cm³/mol. The fourth-order valence-corrected chi connectivity index (χ4v) is 8.96. The average Bonchev–Trinajstić information content (AvgIpc) is 3.66. The molecule has 13 heteroatoms. The molecule has 4 heterocycles. The van der Waals surface area contributed by atoms with Crippen LogP contribution in [0.25, 0.3) is 10.8 Å². The number of aromatic nitrogens is 2. The van der Waals surface area contributed by atoms with Crippen LogP contribution in [0.1, 0.15) is 61.1 Å². The van der Waals surface area contributed by atoms with Gasteiger partial charge in [0, 0.05) is 59.0 Å². The van der Waals surface area contributed by atoms with Gasteiger partial charge in [-0.3, -0.25) is 9.69 Å². The molecule has 3 aliphatic heterocycles. The lowest BCUT2D eigenvalue weighted by atomic mass is 10.0. The SMILES string of the molecule is C=CC(=O)N1CCN(c2nc(OC[C@@H]3CCCN3CCC(C)(C)OC(=O)c3cccc(I)c3)nc3c2CCN(c2cccc4cccc(Cl)c24)C3)C[C@@H]1CC#N. The van der Waals surface area contributed by atoms with E-state index in [1.807, 2.05) is 44.2 Å². The van der Waals surface area contributed by atoms with Crippen molar-refractivity contribution in [3.8, 4) is 12.1 Å².